The third-order valence-corrected chi connectivity index (χ3v) is 3.34. The van der Waals surface area contributed by atoms with Gasteiger partial charge in [-0.25, -0.2) is 0 Å². The molecule has 0 fully saturated rings. The summed E-state index contributed by atoms with van der Waals surface area (Å²) in [4.78, 5) is 22.6. The standard InChI is InChI=1S/C11H10O3S/c12-10-4-1-7-5-8(2-3-9(7)10)15-6-11(13)14/h2-3,5H,1,4,6H2,(H,13,14). The largest absolute Gasteiger partial charge is 0.481 e. The highest BCUT2D eigenvalue weighted by Crippen LogP contribution is 2.27. The van der Waals surface area contributed by atoms with Gasteiger partial charge in [0.2, 0.25) is 0 Å². The number of ketones is 1. The second-order valence-corrected chi connectivity index (χ2v) is 4.47. The van der Waals surface area contributed by atoms with Gasteiger partial charge in [-0.15, -0.1) is 11.8 Å². The van der Waals surface area contributed by atoms with Gasteiger partial charge in [-0.2, -0.15) is 0 Å². The van der Waals surface area contributed by atoms with Gasteiger partial charge < -0.3 is 5.11 Å². The molecule has 0 atom stereocenters. The summed E-state index contributed by atoms with van der Waals surface area (Å²) >= 11 is 1.28. The van der Waals surface area contributed by atoms with E-state index in [9.17, 15) is 9.59 Å². The summed E-state index contributed by atoms with van der Waals surface area (Å²) in [6, 6.07) is 5.54. The number of rotatable bonds is 3. The Hall–Kier alpha value is -1.29. The third-order valence-electron chi connectivity index (χ3n) is 2.36. The molecule has 0 spiro atoms. The van der Waals surface area contributed by atoms with Crippen molar-refractivity contribution in [3.8, 4) is 0 Å². The van der Waals surface area contributed by atoms with Crippen molar-refractivity contribution in [2.45, 2.75) is 17.7 Å². The minimum Gasteiger partial charge on any atom is -0.481 e. The van der Waals surface area contributed by atoms with Gasteiger partial charge in [0.05, 0.1) is 5.75 Å². The van der Waals surface area contributed by atoms with E-state index in [1.807, 2.05) is 12.1 Å². The molecule has 0 radical (unpaired) electrons. The van der Waals surface area contributed by atoms with Gasteiger partial charge in [0.1, 0.15) is 0 Å². The smallest absolute Gasteiger partial charge is 0.313 e. The molecule has 1 aliphatic rings. The van der Waals surface area contributed by atoms with Crippen molar-refractivity contribution in [2.75, 3.05) is 5.75 Å². The molecule has 0 aliphatic heterocycles. The lowest BCUT2D eigenvalue weighted by molar-refractivity contribution is -0.133. The van der Waals surface area contributed by atoms with Gasteiger partial charge in [0, 0.05) is 16.9 Å². The van der Waals surface area contributed by atoms with E-state index >= 15 is 0 Å². The molecule has 3 nitrogen and oxygen atoms in total. The van der Waals surface area contributed by atoms with Crippen molar-refractivity contribution in [1.82, 2.24) is 0 Å². The molecule has 0 bridgehead atoms. The first-order valence-corrected chi connectivity index (χ1v) is 5.66. The van der Waals surface area contributed by atoms with Crippen LogP contribution in [-0.4, -0.2) is 22.6 Å². The van der Waals surface area contributed by atoms with Gasteiger partial charge in [-0.05, 0) is 24.1 Å². The molecule has 1 N–H and O–H groups in total. The number of fused-ring (bicyclic) bond motifs is 1. The fraction of sp³-hybridized carbons (Fsp3) is 0.273. The van der Waals surface area contributed by atoms with Gasteiger partial charge in [-0.1, -0.05) is 6.07 Å². The number of hydrogen-bond acceptors (Lipinski definition) is 3. The first kappa shape index (κ1) is 10.2. The number of carbonyl (C=O) groups is 2. The highest BCUT2D eigenvalue weighted by Gasteiger charge is 2.19. The molecule has 0 saturated heterocycles. The van der Waals surface area contributed by atoms with E-state index in [2.05, 4.69) is 0 Å². The van der Waals surface area contributed by atoms with Gasteiger partial charge in [0.15, 0.2) is 5.78 Å². The van der Waals surface area contributed by atoms with Crippen LogP contribution in [0.1, 0.15) is 22.3 Å². The van der Waals surface area contributed by atoms with Crippen LogP contribution in [0.2, 0.25) is 0 Å². The average molecular weight is 222 g/mol. The van der Waals surface area contributed by atoms with Crippen molar-refractivity contribution in [3.63, 3.8) is 0 Å². The molecule has 2 rings (SSSR count). The van der Waals surface area contributed by atoms with Crippen molar-refractivity contribution in [3.05, 3.63) is 29.3 Å². The highest BCUT2D eigenvalue weighted by molar-refractivity contribution is 8.00. The Kier molecular flexibility index (Phi) is 2.77. The number of aliphatic carboxylic acids is 1. The van der Waals surface area contributed by atoms with Crippen LogP contribution in [0.5, 0.6) is 0 Å². The van der Waals surface area contributed by atoms with Crippen molar-refractivity contribution >= 4 is 23.5 Å². The summed E-state index contributed by atoms with van der Waals surface area (Å²) < 4.78 is 0. The highest BCUT2D eigenvalue weighted by atomic mass is 32.2. The fourth-order valence-corrected chi connectivity index (χ4v) is 2.35. The van der Waals surface area contributed by atoms with E-state index in [0.29, 0.717) is 6.42 Å². The minimum absolute atomic E-state index is 0.0622. The molecule has 1 aromatic rings. The first-order valence-electron chi connectivity index (χ1n) is 4.67. The zero-order valence-corrected chi connectivity index (χ0v) is 8.84. The van der Waals surface area contributed by atoms with E-state index in [1.165, 1.54) is 11.8 Å². The second kappa shape index (κ2) is 4.06. The van der Waals surface area contributed by atoms with Crippen molar-refractivity contribution < 1.29 is 14.7 Å². The lowest BCUT2D eigenvalue weighted by Crippen LogP contribution is -1.97. The Morgan fingerprint density at radius 1 is 1.40 bits per heavy atom. The number of carboxylic acid groups (broad SMARTS) is 1. The van der Waals surface area contributed by atoms with Crippen LogP contribution in [0, 0.1) is 0 Å². The van der Waals surface area contributed by atoms with Crippen molar-refractivity contribution in [2.24, 2.45) is 0 Å². The zero-order valence-electron chi connectivity index (χ0n) is 8.03. The molecular formula is C11H10O3S. The number of benzene rings is 1. The molecule has 78 valence electrons. The quantitative estimate of drug-likeness (QED) is 0.795. The molecule has 0 aromatic heterocycles. The van der Waals surface area contributed by atoms with E-state index in [1.54, 1.807) is 6.07 Å². The second-order valence-electron chi connectivity index (χ2n) is 3.42. The molecule has 0 amide bonds. The minimum atomic E-state index is -0.823. The Balaban J connectivity index is 2.16. The number of Topliss-reactive ketones (excluding diaryl/α,β-unsaturated/α-hetero) is 1. The maximum absolute atomic E-state index is 11.3. The predicted molar refractivity (Wildman–Crippen MR) is 57.5 cm³/mol. The maximum Gasteiger partial charge on any atom is 0.313 e. The lowest BCUT2D eigenvalue weighted by Gasteiger charge is -2.01. The van der Waals surface area contributed by atoms with E-state index < -0.39 is 5.97 Å². The van der Waals surface area contributed by atoms with Crippen LogP contribution in [0.4, 0.5) is 0 Å². The Morgan fingerprint density at radius 2 is 2.20 bits per heavy atom. The summed E-state index contributed by atoms with van der Waals surface area (Å²) in [6.45, 7) is 0. The summed E-state index contributed by atoms with van der Waals surface area (Å²) in [6.07, 6.45) is 1.37. The first-order chi connectivity index (χ1) is 7.16. The maximum atomic E-state index is 11.3. The molecule has 0 saturated carbocycles. The van der Waals surface area contributed by atoms with Gasteiger partial charge in [-0.3, -0.25) is 9.59 Å². The van der Waals surface area contributed by atoms with E-state index in [-0.39, 0.29) is 11.5 Å². The van der Waals surface area contributed by atoms with Crippen LogP contribution < -0.4 is 0 Å². The number of thioether (sulfide) groups is 1. The molecule has 0 heterocycles. The van der Waals surface area contributed by atoms with Crippen LogP contribution in [0.15, 0.2) is 23.1 Å². The number of aryl methyl sites for hydroxylation is 1. The summed E-state index contributed by atoms with van der Waals surface area (Å²) in [5, 5.41) is 8.54. The van der Waals surface area contributed by atoms with Crippen LogP contribution in [0.25, 0.3) is 0 Å². The lowest BCUT2D eigenvalue weighted by atomic mass is 10.1. The average Bonchev–Trinajstić information content (AvgIpc) is 2.57. The topological polar surface area (TPSA) is 54.4 Å². The zero-order chi connectivity index (χ0) is 10.8. The summed E-state index contributed by atoms with van der Waals surface area (Å²) in [5.74, 6) is -0.566. The fourth-order valence-electron chi connectivity index (χ4n) is 1.67. The third kappa shape index (κ3) is 2.21. The molecule has 1 aliphatic carbocycles. The Morgan fingerprint density at radius 3 is 2.93 bits per heavy atom. The summed E-state index contributed by atoms with van der Waals surface area (Å²) in [7, 11) is 0. The predicted octanol–water partition coefficient (Wildman–Crippen LogP) is 1.99. The molecular weight excluding hydrogens is 212 g/mol. The molecule has 15 heavy (non-hydrogen) atoms. The summed E-state index contributed by atoms with van der Waals surface area (Å²) in [5.41, 5.74) is 1.85. The van der Waals surface area contributed by atoms with Crippen LogP contribution >= 0.6 is 11.8 Å². The van der Waals surface area contributed by atoms with Crippen molar-refractivity contribution in [1.29, 1.82) is 0 Å². The Bertz CT molecular complexity index is 426. The SMILES string of the molecule is O=C(O)CSc1ccc2c(c1)CCC2=O. The molecule has 1 aromatic carbocycles. The number of carboxylic acids is 1. The van der Waals surface area contributed by atoms with Crippen LogP contribution in [-0.2, 0) is 11.2 Å². The van der Waals surface area contributed by atoms with Crippen LogP contribution in [0.3, 0.4) is 0 Å². The van der Waals surface area contributed by atoms with Gasteiger partial charge in [0.25, 0.3) is 0 Å². The van der Waals surface area contributed by atoms with E-state index in [0.717, 1.165) is 22.4 Å². The molecule has 0 unspecified atom stereocenters. The number of carbonyl (C=O) groups excluding carboxylic acids is 1. The van der Waals surface area contributed by atoms with E-state index in [4.69, 9.17) is 5.11 Å². The molecule has 4 heteroatoms. The number of hydrogen-bond donors (Lipinski definition) is 1. The Labute approximate surface area is 91.5 Å². The van der Waals surface area contributed by atoms with Gasteiger partial charge >= 0.3 is 5.97 Å². The normalized spacial score (nSPS) is 14.0. The monoisotopic (exact) mass is 222 g/mol.